The number of hydrogen-bond donors (Lipinski definition) is 0. The first-order chi connectivity index (χ1) is 29.7. The minimum atomic E-state index is -0.528. The van der Waals surface area contributed by atoms with Crippen molar-refractivity contribution in [2.75, 3.05) is 4.90 Å². The van der Waals surface area contributed by atoms with Gasteiger partial charge in [-0.25, -0.2) is 4.98 Å². The molecule has 2 aromatic heterocycles. The molecule has 1 aliphatic rings. The molecule has 0 spiro atoms. The Hall–Kier alpha value is -7.53. The van der Waals surface area contributed by atoms with E-state index in [1.54, 1.807) is 0 Å². The fraction of sp³-hybridized carbons (Fsp3) is 0.0179. The second kappa shape index (κ2) is 13.8. The summed E-state index contributed by atoms with van der Waals surface area (Å²) in [5, 5.41) is 2.51. The molecule has 4 heteroatoms. The van der Waals surface area contributed by atoms with Crippen molar-refractivity contribution in [2.24, 2.45) is 0 Å². The predicted molar refractivity (Wildman–Crippen MR) is 250 cm³/mol. The minimum absolute atomic E-state index is 0.528. The van der Waals surface area contributed by atoms with Gasteiger partial charge in [-0.1, -0.05) is 164 Å². The van der Waals surface area contributed by atoms with Crippen molar-refractivity contribution < 1.29 is 4.42 Å². The smallest absolute Gasteiger partial charge is 0.227 e. The lowest BCUT2D eigenvalue weighted by Gasteiger charge is -2.35. The zero-order valence-corrected chi connectivity index (χ0v) is 33.3. The van der Waals surface area contributed by atoms with Gasteiger partial charge in [-0.3, -0.25) is 0 Å². The van der Waals surface area contributed by atoms with Gasteiger partial charge in [-0.2, -0.15) is 0 Å². The summed E-state index contributed by atoms with van der Waals surface area (Å²) in [5.41, 5.74) is 15.0. The fourth-order valence-corrected chi connectivity index (χ4v) is 10.7. The summed E-state index contributed by atoms with van der Waals surface area (Å²) in [6.45, 7) is 0. The molecule has 2 heterocycles. The van der Waals surface area contributed by atoms with Crippen molar-refractivity contribution >= 4 is 59.7 Å². The van der Waals surface area contributed by atoms with E-state index in [1.165, 1.54) is 59.1 Å². The van der Waals surface area contributed by atoms with Crippen molar-refractivity contribution in [2.45, 2.75) is 5.41 Å². The van der Waals surface area contributed by atoms with Crippen LogP contribution in [0, 0.1) is 0 Å². The highest BCUT2D eigenvalue weighted by molar-refractivity contribution is 7.26. The number of aromatic nitrogens is 1. The summed E-state index contributed by atoms with van der Waals surface area (Å²) in [7, 11) is 0. The number of anilines is 3. The highest BCUT2D eigenvalue weighted by atomic mass is 32.1. The molecule has 282 valence electrons. The molecule has 11 aromatic rings. The van der Waals surface area contributed by atoms with E-state index in [2.05, 4.69) is 217 Å². The van der Waals surface area contributed by atoms with E-state index < -0.39 is 5.41 Å². The molecule has 3 nitrogen and oxygen atoms in total. The standard InChI is InChI=1S/C56H36N2OS/c1-4-15-37(16-5-1)38-27-29-39(30-28-38)55-57-50-34-32-43(36-52(50)59-55)58(51-25-14-23-47-46-22-11-13-26-53(46)60-54(47)51)42-31-33-45-44-21-10-12-24-48(44)56(49(45)35-42,40-17-6-2-7-18-40)41-19-8-3-9-20-41/h1-36H. The normalized spacial score (nSPS) is 12.8. The van der Waals surface area contributed by atoms with Gasteiger partial charge in [0.05, 0.1) is 21.5 Å². The molecular formula is C56H36N2OS. The van der Waals surface area contributed by atoms with Crippen LogP contribution in [0.25, 0.3) is 65.0 Å². The van der Waals surface area contributed by atoms with Gasteiger partial charge in [-0.05, 0) is 93.0 Å². The maximum Gasteiger partial charge on any atom is 0.227 e. The van der Waals surface area contributed by atoms with Gasteiger partial charge in [-0.15, -0.1) is 11.3 Å². The van der Waals surface area contributed by atoms with Crippen LogP contribution in [0.1, 0.15) is 22.3 Å². The van der Waals surface area contributed by atoms with E-state index >= 15 is 0 Å². The molecule has 0 bridgehead atoms. The third kappa shape index (κ3) is 5.31. The lowest BCUT2D eigenvalue weighted by Crippen LogP contribution is -2.28. The summed E-state index contributed by atoms with van der Waals surface area (Å²) in [4.78, 5) is 7.40. The maximum absolute atomic E-state index is 6.63. The number of rotatable bonds is 7. The number of oxazole rings is 1. The van der Waals surface area contributed by atoms with E-state index in [1.807, 2.05) is 17.4 Å². The second-order valence-electron chi connectivity index (χ2n) is 15.5. The van der Waals surface area contributed by atoms with Crippen LogP contribution < -0.4 is 4.90 Å². The largest absolute Gasteiger partial charge is 0.436 e. The molecule has 0 atom stereocenters. The lowest BCUT2D eigenvalue weighted by molar-refractivity contribution is 0.620. The molecule has 0 saturated carbocycles. The van der Waals surface area contributed by atoms with Gasteiger partial charge in [0.1, 0.15) is 5.52 Å². The highest BCUT2D eigenvalue weighted by Crippen LogP contribution is 2.57. The Morgan fingerprint density at radius 3 is 1.83 bits per heavy atom. The number of benzene rings is 9. The van der Waals surface area contributed by atoms with Crippen molar-refractivity contribution in [3.8, 4) is 33.7 Å². The van der Waals surface area contributed by atoms with Crippen molar-refractivity contribution in [3.63, 3.8) is 0 Å². The number of thiophene rings is 1. The van der Waals surface area contributed by atoms with Crippen LogP contribution >= 0.6 is 11.3 Å². The average Bonchev–Trinajstić information content (AvgIpc) is 4.01. The third-order valence-corrected chi connectivity index (χ3v) is 13.4. The molecule has 1 aliphatic carbocycles. The minimum Gasteiger partial charge on any atom is -0.436 e. The zero-order valence-electron chi connectivity index (χ0n) is 32.5. The van der Waals surface area contributed by atoms with Crippen LogP contribution in [0.15, 0.2) is 223 Å². The van der Waals surface area contributed by atoms with Crippen LogP contribution in [0.3, 0.4) is 0 Å². The van der Waals surface area contributed by atoms with E-state index in [0.717, 1.165) is 39.3 Å². The van der Waals surface area contributed by atoms with Crippen molar-refractivity contribution in [1.82, 2.24) is 4.98 Å². The SMILES string of the molecule is c1ccc(-c2ccc(-c3nc4ccc(N(c5ccc6c(c5)C(c5ccccc5)(c5ccccc5)c5ccccc5-6)c5cccc6c5sc5ccccc56)cc4o3)cc2)cc1. The van der Waals surface area contributed by atoms with Gasteiger partial charge in [0, 0.05) is 32.8 Å². The molecule has 9 aromatic carbocycles. The van der Waals surface area contributed by atoms with Crippen LogP contribution in [0.4, 0.5) is 17.1 Å². The summed E-state index contributed by atoms with van der Waals surface area (Å²) >= 11 is 1.84. The topological polar surface area (TPSA) is 29.3 Å². The average molecular weight is 785 g/mol. The summed E-state index contributed by atoms with van der Waals surface area (Å²) in [5.74, 6) is 0.603. The summed E-state index contributed by atoms with van der Waals surface area (Å²) in [6.07, 6.45) is 0. The van der Waals surface area contributed by atoms with Crippen LogP contribution in [0.2, 0.25) is 0 Å². The molecule has 12 rings (SSSR count). The Kier molecular flexibility index (Phi) is 7.94. The van der Waals surface area contributed by atoms with Crippen LogP contribution in [0.5, 0.6) is 0 Å². The van der Waals surface area contributed by atoms with E-state index in [4.69, 9.17) is 9.40 Å². The van der Waals surface area contributed by atoms with Crippen molar-refractivity contribution in [1.29, 1.82) is 0 Å². The quantitative estimate of drug-likeness (QED) is 0.161. The molecule has 0 fully saturated rings. The second-order valence-corrected chi connectivity index (χ2v) is 16.5. The molecule has 60 heavy (non-hydrogen) atoms. The molecular weight excluding hydrogens is 749 g/mol. The number of nitrogens with zero attached hydrogens (tertiary/aromatic N) is 2. The maximum atomic E-state index is 6.63. The molecule has 0 radical (unpaired) electrons. The number of fused-ring (bicyclic) bond motifs is 7. The predicted octanol–water partition coefficient (Wildman–Crippen LogP) is 15.4. The van der Waals surface area contributed by atoms with E-state index in [-0.39, 0.29) is 0 Å². The zero-order chi connectivity index (χ0) is 39.6. The molecule has 0 aliphatic heterocycles. The molecule has 0 saturated heterocycles. The van der Waals surface area contributed by atoms with Gasteiger partial charge in [0.2, 0.25) is 5.89 Å². The molecule has 0 unspecified atom stereocenters. The Balaban J connectivity index is 1.07. The Labute approximate surface area is 352 Å². The Bertz CT molecular complexity index is 3330. The molecule has 0 N–H and O–H groups in total. The van der Waals surface area contributed by atoms with Gasteiger partial charge in [0.25, 0.3) is 0 Å². The Morgan fingerprint density at radius 2 is 1.05 bits per heavy atom. The molecule has 0 amide bonds. The highest BCUT2D eigenvalue weighted by Gasteiger charge is 2.46. The lowest BCUT2D eigenvalue weighted by atomic mass is 9.67. The van der Waals surface area contributed by atoms with Gasteiger partial charge >= 0.3 is 0 Å². The van der Waals surface area contributed by atoms with Crippen LogP contribution in [-0.4, -0.2) is 4.98 Å². The third-order valence-electron chi connectivity index (χ3n) is 12.2. The van der Waals surface area contributed by atoms with Gasteiger partial charge in [0.15, 0.2) is 5.58 Å². The van der Waals surface area contributed by atoms with Crippen LogP contribution in [-0.2, 0) is 5.41 Å². The first-order valence-corrected chi connectivity index (χ1v) is 21.2. The first-order valence-electron chi connectivity index (χ1n) is 20.4. The van der Waals surface area contributed by atoms with E-state index in [0.29, 0.717) is 5.89 Å². The van der Waals surface area contributed by atoms with E-state index in [9.17, 15) is 0 Å². The monoisotopic (exact) mass is 784 g/mol. The summed E-state index contributed by atoms with van der Waals surface area (Å²) in [6, 6.07) is 78.7. The van der Waals surface area contributed by atoms with Crippen molar-refractivity contribution in [3.05, 3.63) is 241 Å². The first kappa shape index (κ1) is 34.5. The number of hydrogen-bond acceptors (Lipinski definition) is 4. The Morgan fingerprint density at radius 1 is 0.450 bits per heavy atom. The summed E-state index contributed by atoms with van der Waals surface area (Å²) < 4.78 is 9.13. The fourth-order valence-electron chi connectivity index (χ4n) is 9.52. The van der Waals surface area contributed by atoms with Gasteiger partial charge < -0.3 is 9.32 Å².